The van der Waals surface area contributed by atoms with Crippen molar-refractivity contribution < 1.29 is 12.8 Å². The molecule has 1 heterocycles. The Balaban J connectivity index is 2.25. The number of benzene rings is 1. The van der Waals surface area contributed by atoms with Gasteiger partial charge in [-0.2, -0.15) is 0 Å². The summed E-state index contributed by atoms with van der Waals surface area (Å²) in [5.41, 5.74) is -0.117. The molecule has 112 valence electrons. The van der Waals surface area contributed by atoms with Crippen molar-refractivity contribution in [1.29, 1.82) is 0 Å². The molecule has 0 spiro atoms. The van der Waals surface area contributed by atoms with E-state index < -0.39 is 15.8 Å². The lowest BCUT2D eigenvalue weighted by molar-refractivity contribution is 0.598. The van der Waals surface area contributed by atoms with Gasteiger partial charge in [0, 0.05) is 17.2 Å². The fourth-order valence-electron chi connectivity index (χ4n) is 1.60. The molecule has 0 aliphatic heterocycles. The van der Waals surface area contributed by atoms with Crippen LogP contribution in [0.1, 0.15) is 6.92 Å². The number of pyridine rings is 1. The van der Waals surface area contributed by atoms with Gasteiger partial charge >= 0.3 is 0 Å². The smallest absolute Gasteiger partial charge is 0.263 e. The van der Waals surface area contributed by atoms with Crippen LogP contribution in [0.4, 0.5) is 15.9 Å². The second-order valence-electron chi connectivity index (χ2n) is 4.14. The van der Waals surface area contributed by atoms with Gasteiger partial charge in [0.25, 0.3) is 10.0 Å². The Hall–Kier alpha value is -1.67. The molecule has 0 saturated carbocycles. The monoisotopic (exact) mass is 373 g/mol. The molecule has 0 atom stereocenters. The van der Waals surface area contributed by atoms with Gasteiger partial charge in [0.2, 0.25) is 0 Å². The predicted molar refractivity (Wildman–Crippen MR) is 83.3 cm³/mol. The lowest BCUT2D eigenvalue weighted by Crippen LogP contribution is -2.14. The van der Waals surface area contributed by atoms with Gasteiger partial charge in [0.1, 0.15) is 16.5 Å². The average molecular weight is 374 g/mol. The summed E-state index contributed by atoms with van der Waals surface area (Å²) >= 11 is 3.11. The molecule has 8 heteroatoms. The molecule has 0 aliphatic rings. The van der Waals surface area contributed by atoms with Gasteiger partial charge in [-0.3, -0.25) is 4.72 Å². The van der Waals surface area contributed by atoms with E-state index in [0.717, 1.165) is 0 Å². The Bertz CT molecular complexity index is 736. The zero-order valence-corrected chi connectivity index (χ0v) is 13.5. The molecule has 5 nitrogen and oxygen atoms in total. The van der Waals surface area contributed by atoms with Gasteiger partial charge in [-0.25, -0.2) is 17.8 Å². The van der Waals surface area contributed by atoms with Gasteiger partial charge in [-0.05, 0) is 37.3 Å². The number of anilines is 2. The van der Waals surface area contributed by atoms with E-state index in [-0.39, 0.29) is 10.6 Å². The SMILES string of the molecule is CCNc1ccc(S(=O)(=O)Nc2ccc(Br)cc2F)cn1. The van der Waals surface area contributed by atoms with Gasteiger partial charge in [-0.1, -0.05) is 15.9 Å². The molecule has 2 aromatic rings. The molecule has 0 aliphatic carbocycles. The third-order valence-corrected chi connectivity index (χ3v) is 4.42. The summed E-state index contributed by atoms with van der Waals surface area (Å²) < 4.78 is 40.7. The molecule has 0 amide bonds. The predicted octanol–water partition coefficient (Wildman–Crippen LogP) is 3.22. The van der Waals surface area contributed by atoms with Crippen LogP contribution in [0.3, 0.4) is 0 Å². The number of sulfonamides is 1. The van der Waals surface area contributed by atoms with Crippen molar-refractivity contribution in [2.75, 3.05) is 16.6 Å². The minimum absolute atomic E-state index is 0.0357. The Kier molecular flexibility index (Phi) is 4.79. The van der Waals surface area contributed by atoms with Crippen molar-refractivity contribution in [1.82, 2.24) is 4.98 Å². The Morgan fingerprint density at radius 2 is 2.05 bits per heavy atom. The molecule has 1 aromatic carbocycles. The second-order valence-corrected chi connectivity index (χ2v) is 6.74. The second kappa shape index (κ2) is 6.40. The zero-order chi connectivity index (χ0) is 15.5. The van der Waals surface area contributed by atoms with Crippen LogP contribution in [0.15, 0.2) is 45.9 Å². The highest BCUT2D eigenvalue weighted by molar-refractivity contribution is 9.10. The first-order valence-corrected chi connectivity index (χ1v) is 8.38. The summed E-state index contributed by atoms with van der Waals surface area (Å²) in [4.78, 5) is 3.95. The van der Waals surface area contributed by atoms with Crippen LogP contribution in [0.2, 0.25) is 0 Å². The van der Waals surface area contributed by atoms with Crippen LogP contribution in [0, 0.1) is 5.82 Å². The Morgan fingerprint density at radius 1 is 1.29 bits per heavy atom. The van der Waals surface area contributed by atoms with E-state index in [2.05, 4.69) is 31.0 Å². The third kappa shape index (κ3) is 3.92. The van der Waals surface area contributed by atoms with E-state index in [9.17, 15) is 12.8 Å². The van der Waals surface area contributed by atoms with Gasteiger partial charge in [0.05, 0.1) is 5.69 Å². The molecular weight excluding hydrogens is 361 g/mol. The molecule has 0 unspecified atom stereocenters. The van der Waals surface area contributed by atoms with Gasteiger partial charge in [0.15, 0.2) is 0 Å². The van der Waals surface area contributed by atoms with Crippen molar-refractivity contribution in [3.05, 3.63) is 46.8 Å². The highest BCUT2D eigenvalue weighted by Crippen LogP contribution is 2.22. The van der Waals surface area contributed by atoms with Crippen molar-refractivity contribution >= 4 is 37.5 Å². The summed E-state index contributed by atoms with van der Waals surface area (Å²) in [5.74, 6) is -0.0866. The van der Waals surface area contributed by atoms with E-state index in [1.54, 1.807) is 12.1 Å². The fourth-order valence-corrected chi connectivity index (χ4v) is 2.95. The maximum absolute atomic E-state index is 13.7. The lowest BCUT2D eigenvalue weighted by atomic mass is 10.3. The average Bonchev–Trinajstić information content (AvgIpc) is 2.43. The largest absolute Gasteiger partial charge is 0.370 e. The molecule has 0 fully saturated rings. The molecule has 2 N–H and O–H groups in total. The Morgan fingerprint density at radius 3 is 2.62 bits per heavy atom. The van der Waals surface area contributed by atoms with E-state index in [0.29, 0.717) is 16.8 Å². The lowest BCUT2D eigenvalue weighted by Gasteiger charge is -2.09. The molecule has 0 bridgehead atoms. The van der Waals surface area contributed by atoms with Crippen LogP contribution in [0.25, 0.3) is 0 Å². The highest BCUT2D eigenvalue weighted by atomic mass is 79.9. The minimum Gasteiger partial charge on any atom is -0.370 e. The summed E-state index contributed by atoms with van der Waals surface area (Å²) in [5, 5.41) is 2.96. The quantitative estimate of drug-likeness (QED) is 0.843. The van der Waals surface area contributed by atoms with Gasteiger partial charge in [-0.15, -0.1) is 0 Å². The number of hydrogen-bond donors (Lipinski definition) is 2. The normalized spacial score (nSPS) is 11.2. The Labute approximate surface area is 130 Å². The first kappa shape index (κ1) is 15.7. The molecule has 2 rings (SSSR count). The number of rotatable bonds is 5. The zero-order valence-electron chi connectivity index (χ0n) is 11.1. The topological polar surface area (TPSA) is 71.1 Å². The molecule has 0 saturated heterocycles. The molecule has 0 radical (unpaired) electrons. The van der Waals surface area contributed by atoms with Crippen LogP contribution < -0.4 is 10.0 Å². The summed E-state index contributed by atoms with van der Waals surface area (Å²) in [6.45, 7) is 2.59. The number of hydrogen-bond acceptors (Lipinski definition) is 4. The van der Waals surface area contributed by atoms with E-state index >= 15 is 0 Å². The van der Waals surface area contributed by atoms with Crippen molar-refractivity contribution in [3.8, 4) is 0 Å². The van der Waals surface area contributed by atoms with Crippen LogP contribution in [-0.2, 0) is 10.0 Å². The fraction of sp³-hybridized carbons (Fsp3) is 0.154. The summed E-state index contributed by atoms with van der Waals surface area (Å²) in [6, 6.07) is 7.04. The van der Waals surface area contributed by atoms with Crippen LogP contribution in [0.5, 0.6) is 0 Å². The summed E-state index contributed by atoms with van der Waals surface area (Å²) in [6.07, 6.45) is 1.22. The molecule has 21 heavy (non-hydrogen) atoms. The minimum atomic E-state index is -3.88. The van der Waals surface area contributed by atoms with Crippen LogP contribution >= 0.6 is 15.9 Å². The van der Waals surface area contributed by atoms with E-state index in [1.807, 2.05) is 6.92 Å². The molecule has 1 aromatic heterocycles. The standard InChI is InChI=1S/C13H13BrFN3O2S/c1-2-16-13-6-4-10(8-17-13)21(19,20)18-12-5-3-9(14)7-11(12)15/h3-8,18H,2H2,1H3,(H,16,17). The van der Waals surface area contributed by atoms with Crippen molar-refractivity contribution in [2.45, 2.75) is 11.8 Å². The van der Waals surface area contributed by atoms with Crippen molar-refractivity contribution in [2.24, 2.45) is 0 Å². The number of halogens is 2. The van der Waals surface area contributed by atoms with E-state index in [4.69, 9.17) is 0 Å². The maximum atomic E-state index is 13.7. The maximum Gasteiger partial charge on any atom is 0.263 e. The summed E-state index contributed by atoms with van der Waals surface area (Å²) in [7, 11) is -3.88. The van der Waals surface area contributed by atoms with Crippen molar-refractivity contribution in [3.63, 3.8) is 0 Å². The first-order valence-electron chi connectivity index (χ1n) is 6.10. The molecular formula is C13H13BrFN3O2S. The van der Waals surface area contributed by atoms with Crippen LogP contribution in [-0.4, -0.2) is 19.9 Å². The number of aromatic nitrogens is 1. The highest BCUT2D eigenvalue weighted by Gasteiger charge is 2.16. The van der Waals surface area contributed by atoms with Gasteiger partial charge < -0.3 is 5.32 Å². The first-order chi connectivity index (χ1) is 9.92. The number of nitrogens with one attached hydrogen (secondary N) is 2. The number of nitrogens with zero attached hydrogens (tertiary/aromatic N) is 1. The third-order valence-electron chi connectivity index (χ3n) is 2.58. The van der Waals surface area contributed by atoms with E-state index in [1.165, 1.54) is 24.4 Å².